The number of halogens is 4. The van der Waals surface area contributed by atoms with E-state index in [1.54, 1.807) is 40.1 Å². The van der Waals surface area contributed by atoms with E-state index in [1.807, 2.05) is 27.7 Å². The number of fused-ring (bicyclic) bond motifs is 4. The molecule has 18 heteroatoms. The SMILES string of the molecule is COC(=O)NC(C(=O)N1CC2(CC2)CC1c1ncc(-c2ccc3c(c2)C(F)(F)C(F)(F)c2cc(-c4ccc5nc(C6CCCN6C(=O)[C@@H](NC(=O)OC)C(C)C)[nH]c5c4)ccc2-3)[nH]1)C(C)C. The fourth-order valence-corrected chi connectivity index (χ4v) is 9.92. The fraction of sp³-hybridized carbons (Fsp3) is 0.458. The molecular formula is C48H52F4N8O6. The molecule has 66 heavy (non-hydrogen) atoms. The van der Waals surface area contributed by atoms with Crippen LogP contribution in [-0.2, 0) is 30.9 Å². The van der Waals surface area contributed by atoms with Crippen molar-refractivity contribution in [2.75, 3.05) is 27.3 Å². The molecule has 2 aromatic heterocycles. The van der Waals surface area contributed by atoms with Crippen LogP contribution >= 0.6 is 0 Å². The summed E-state index contributed by atoms with van der Waals surface area (Å²) in [5.74, 6) is -9.23. The number of nitrogens with one attached hydrogen (secondary N) is 4. The summed E-state index contributed by atoms with van der Waals surface area (Å²) in [5.41, 5.74) is 0.728. The second-order valence-corrected chi connectivity index (χ2v) is 18.8. The van der Waals surface area contributed by atoms with Gasteiger partial charge >= 0.3 is 24.0 Å². The van der Waals surface area contributed by atoms with Crippen molar-refractivity contribution in [2.45, 2.75) is 95.8 Å². The molecule has 0 radical (unpaired) electrons. The maximum atomic E-state index is 16.3. The molecule has 3 fully saturated rings. The van der Waals surface area contributed by atoms with Crippen molar-refractivity contribution in [3.05, 3.63) is 83.6 Å². The van der Waals surface area contributed by atoms with Crippen molar-refractivity contribution in [1.82, 2.24) is 40.4 Å². The summed E-state index contributed by atoms with van der Waals surface area (Å²) in [6.07, 6.45) is 3.85. The summed E-state index contributed by atoms with van der Waals surface area (Å²) in [6.45, 7) is 8.23. The van der Waals surface area contributed by atoms with Gasteiger partial charge in [0.2, 0.25) is 11.8 Å². The van der Waals surface area contributed by atoms with Crippen LogP contribution in [0.25, 0.3) is 44.5 Å². The first-order chi connectivity index (χ1) is 31.4. The van der Waals surface area contributed by atoms with Gasteiger partial charge in [-0.2, -0.15) is 17.6 Å². The number of aromatic nitrogens is 4. The molecule has 3 unspecified atom stereocenters. The molecule has 14 nitrogen and oxygen atoms in total. The number of imidazole rings is 2. The second-order valence-electron chi connectivity index (χ2n) is 18.8. The Morgan fingerprint density at radius 2 is 1.29 bits per heavy atom. The molecule has 4 amide bonds. The summed E-state index contributed by atoms with van der Waals surface area (Å²) < 4.78 is 74.8. The lowest BCUT2D eigenvalue weighted by Crippen LogP contribution is -2.51. The van der Waals surface area contributed by atoms with E-state index in [0.717, 1.165) is 25.0 Å². The lowest BCUT2D eigenvalue weighted by Gasteiger charge is -2.35. The highest BCUT2D eigenvalue weighted by molar-refractivity contribution is 5.88. The Hall–Kier alpha value is -6.46. The Morgan fingerprint density at radius 1 is 0.727 bits per heavy atom. The van der Waals surface area contributed by atoms with Crippen LogP contribution in [-0.4, -0.2) is 93.1 Å². The van der Waals surface area contributed by atoms with Gasteiger partial charge in [-0.3, -0.25) is 9.59 Å². The van der Waals surface area contributed by atoms with Gasteiger partial charge in [0.1, 0.15) is 23.7 Å². The number of H-pyrrole nitrogens is 2. The van der Waals surface area contributed by atoms with Gasteiger partial charge in [0.15, 0.2) is 0 Å². The number of hydrogen-bond donors (Lipinski definition) is 4. The minimum Gasteiger partial charge on any atom is -0.453 e. The van der Waals surface area contributed by atoms with Gasteiger partial charge in [-0.15, -0.1) is 0 Å². The van der Waals surface area contributed by atoms with E-state index in [0.29, 0.717) is 71.9 Å². The topological polar surface area (TPSA) is 175 Å². The summed E-state index contributed by atoms with van der Waals surface area (Å²) in [6, 6.07) is 10.8. The number of alkyl carbamates (subject to hydrolysis) is 2. The van der Waals surface area contributed by atoms with E-state index in [4.69, 9.17) is 14.5 Å². The average Bonchev–Trinajstić information content (AvgIpc) is 3.79. The molecule has 4 atom stereocenters. The van der Waals surface area contributed by atoms with Crippen LogP contribution in [0.3, 0.4) is 0 Å². The molecule has 4 heterocycles. The second kappa shape index (κ2) is 16.5. The third-order valence-electron chi connectivity index (χ3n) is 13.8. The minimum absolute atomic E-state index is 0.0195. The van der Waals surface area contributed by atoms with E-state index in [2.05, 4.69) is 25.6 Å². The number of benzene rings is 3. The van der Waals surface area contributed by atoms with Crippen LogP contribution in [0.1, 0.15) is 94.7 Å². The zero-order valence-electron chi connectivity index (χ0n) is 37.4. The highest BCUT2D eigenvalue weighted by atomic mass is 19.3. The molecule has 1 saturated carbocycles. The summed E-state index contributed by atoms with van der Waals surface area (Å²) >= 11 is 0. The quantitative estimate of drug-likeness (QED) is 0.101. The minimum atomic E-state index is -4.59. The molecule has 4 aliphatic rings. The lowest BCUT2D eigenvalue weighted by molar-refractivity contribution is -0.225. The summed E-state index contributed by atoms with van der Waals surface area (Å²) in [7, 11) is 2.46. The largest absolute Gasteiger partial charge is 0.453 e. The van der Waals surface area contributed by atoms with Crippen LogP contribution in [0.4, 0.5) is 27.2 Å². The molecule has 2 aliphatic carbocycles. The maximum Gasteiger partial charge on any atom is 0.407 e. The number of aromatic amines is 2. The van der Waals surface area contributed by atoms with Gasteiger partial charge in [0, 0.05) is 29.8 Å². The molecule has 1 spiro atoms. The predicted molar refractivity (Wildman–Crippen MR) is 235 cm³/mol. The smallest absolute Gasteiger partial charge is 0.407 e. The first-order valence-corrected chi connectivity index (χ1v) is 22.3. The Labute approximate surface area is 378 Å². The monoisotopic (exact) mass is 912 g/mol. The molecule has 2 saturated heterocycles. The van der Waals surface area contributed by atoms with Gasteiger partial charge in [-0.25, -0.2) is 19.6 Å². The van der Waals surface area contributed by atoms with E-state index in [-0.39, 0.29) is 45.8 Å². The zero-order chi connectivity index (χ0) is 47.0. The van der Waals surface area contributed by atoms with E-state index >= 15 is 17.6 Å². The molecule has 5 aromatic rings. The summed E-state index contributed by atoms with van der Waals surface area (Å²) in [4.78, 5) is 71.0. The Balaban J connectivity index is 0.982. The molecule has 9 rings (SSSR count). The number of alkyl halides is 4. The fourth-order valence-electron chi connectivity index (χ4n) is 9.92. The number of carbonyl (C=O) groups excluding carboxylic acids is 4. The number of nitrogens with zero attached hydrogens (tertiary/aromatic N) is 4. The third kappa shape index (κ3) is 7.60. The third-order valence-corrected chi connectivity index (χ3v) is 13.8. The number of likely N-dealkylation sites (tertiary alicyclic amines) is 2. The average molecular weight is 913 g/mol. The molecule has 0 bridgehead atoms. The van der Waals surface area contributed by atoms with Crippen LogP contribution in [0, 0.1) is 17.3 Å². The van der Waals surface area contributed by atoms with Gasteiger partial charge < -0.3 is 39.9 Å². The molecule has 2 aliphatic heterocycles. The number of amides is 4. The van der Waals surface area contributed by atoms with E-state index in [1.165, 1.54) is 32.5 Å². The highest BCUT2D eigenvalue weighted by Crippen LogP contribution is 2.60. The highest BCUT2D eigenvalue weighted by Gasteiger charge is 2.63. The van der Waals surface area contributed by atoms with Gasteiger partial charge in [0.05, 0.1) is 49.2 Å². The van der Waals surface area contributed by atoms with E-state index < -0.39 is 59.3 Å². The Bertz CT molecular complexity index is 2750. The van der Waals surface area contributed by atoms with Gasteiger partial charge in [-0.05, 0) is 95.9 Å². The molecule has 3 aromatic carbocycles. The number of rotatable bonds is 10. The standard InChI is InChI=1S/C48H52F4N8O6/c1-24(2)38(57-44(63)65-5)42(61)59-17-7-8-36(59)41-54-33-14-11-27(20-34(33)55-41)26-9-12-29-30-13-10-28(19-32(30)48(51,52)47(49,50)31(29)18-26)35-22-53-40(56-35)37-21-46(15-16-46)23-60(37)43(62)39(25(3)4)58-45(64)66-6/h9-14,18-20,22,24-25,36-39H,7-8,15-17,21,23H2,1-6H3,(H,53,56)(H,54,55)(H,57,63)(H,58,64)/t36?,37?,38-,39?/m0/s1. The zero-order valence-corrected chi connectivity index (χ0v) is 37.4. The number of methoxy groups -OCH3 is 2. The van der Waals surface area contributed by atoms with Crippen molar-refractivity contribution in [3.8, 4) is 33.5 Å². The number of hydrogen-bond acceptors (Lipinski definition) is 8. The van der Waals surface area contributed by atoms with Crippen LogP contribution in [0.15, 0.2) is 60.8 Å². The number of carbonyl (C=O) groups is 4. The van der Waals surface area contributed by atoms with Crippen molar-refractivity contribution in [3.63, 3.8) is 0 Å². The van der Waals surface area contributed by atoms with E-state index in [9.17, 15) is 19.2 Å². The normalized spacial score (nSPS) is 20.8. The molecular weight excluding hydrogens is 861 g/mol. The number of ether oxygens (including phenoxy) is 2. The Morgan fingerprint density at radius 3 is 1.88 bits per heavy atom. The lowest BCUT2D eigenvalue weighted by atomic mass is 9.78. The van der Waals surface area contributed by atoms with Crippen molar-refractivity contribution >= 4 is 35.0 Å². The summed E-state index contributed by atoms with van der Waals surface area (Å²) in [5, 5.41) is 5.28. The molecule has 4 N–H and O–H groups in total. The Kier molecular flexibility index (Phi) is 11.1. The predicted octanol–water partition coefficient (Wildman–Crippen LogP) is 8.96. The van der Waals surface area contributed by atoms with Crippen molar-refractivity contribution in [1.29, 1.82) is 0 Å². The molecule has 348 valence electrons. The van der Waals surface area contributed by atoms with Gasteiger partial charge in [0.25, 0.3) is 0 Å². The first-order valence-electron chi connectivity index (χ1n) is 22.3. The van der Waals surface area contributed by atoms with Crippen LogP contribution in [0.5, 0.6) is 0 Å². The maximum absolute atomic E-state index is 16.3. The van der Waals surface area contributed by atoms with Crippen molar-refractivity contribution < 1.29 is 46.2 Å². The van der Waals surface area contributed by atoms with Crippen LogP contribution < -0.4 is 10.6 Å². The van der Waals surface area contributed by atoms with Gasteiger partial charge in [-0.1, -0.05) is 58.0 Å². The first kappa shape index (κ1) is 44.7. The van der Waals surface area contributed by atoms with Crippen molar-refractivity contribution in [2.24, 2.45) is 17.3 Å². The van der Waals surface area contributed by atoms with Crippen LogP contribution in [0.2, 0.25) is 0 Å².